The first-order chi connectivity index (χ1) is 8.56. The van der Waals surface area contributed by atoms with Crippen molar-refractivity contribution >= 4 is 16.8 Å². The SMILES string of the molecule is CCOC(=O)CCCCN1CC[S@@](=O)[C@H](C)[C@@H]1C. The van der Waals surface area contributed by atoms with Crippen molar-refractivity contribution in [1.82, 2.24) is 4.90 Å². The van der Waals surface area contributed by atoms with E-state index < -0.39 is 10.8 Å². The highest BCUT2D eigenvalue weighted by atomic mass is 32.2. The predicted molar refractivity (Wildman–Crippen MR) is 74.0 cm³/mol. The molecule has 1 saturated heterocycles. The minimum absolute atomic E-state index is 0.0985. The Morgan fingerprint density at radius 2 is 2.11 bits per heavy atom. The van der Waals surface area contributed by atoms with Gasteiger partial charge in [0.25, 0.3) is 0 Å². The monoisotopic (exact) mass is 275 g/mol. The van der Waals surface area contributed by atoms with Crippen LogP contribution in [0.3, 0.4) is 0 Å². The standard InChI is InChI=1S/C13H25NO3S/c1-4-17-13(15)7-5-6-8-14-9-10-18(16)12(3)11(14)2/h11-12H,4-10H2,1-3H3/t11-,12+,18+/m0/s1. The van der Waals surface area contributed by atoms with Crippen molar-refractivity contribution in [2.45, 2.75) is 51.3 Å². The molecule has 0 aliphatic carbocycles. The van der Waals surface area contributed by atoms with Gasteiger partial charge in [0.2, 0.25) is 0 Å². The molecule has 18 heavy (non-hydrogen) atoms. The maximum absolute atomic E-state index is 11.7. The van der Waals surface area contributed by atoms with Crippen LogP contribution in [0.25, 0.3) is 0 Å². The van der Waals surface area contributed by atoms with Gasteiger partial charge in [0, 0.05) is 40.8 Å². The number of ether oxygens (including phenoxy) is 1. The van der Waals surface area contributed by atoms with Gasteiger partial charge in [-0.15, -0.1) is 0 Å². The predicted octanol–water partition coefficient (Wildman–Crippen LogP) is 1.56. The van der Waals surface area contributed by atoms with Gasteiger partial charge in [-0.25, -0.2) is 0 Å². The third kappa shape index (κ3) is 4.69. The lowest BCUT2D eigenvalue weighted by molar-refractivity contribution is -0.143. The largest absolute Gasteiger partial charge is 0.466 e. The molecule has 106 valence electrons. The molecule has 1 aliphatic heterocycles. The van der Waals surface area contributed by atoms with E-state index in [0.29, 0.717) is 19.1 Å². The van der Waals surface area contributed by atoms with E-state index in [1.54, 1.807) is 0 Å². The third-order valence-corrected chi connectivity index (χ3v) is 5.44. The van der Waals surface area contributed by atoms with Gasteiger partial charge in [-0.05, 0) is 40.2 Å². The average Bonchev–Trinajstić information content (AvgIpc) is 2.34. The van der Waals surface area contributed by atoms with Crippen LogP contribution in [0.1, 0.15) is 40.0 Å². The number of rotatable bonds is 6. The summed E-state index contributed by atoms with van der Waals surface area (Å²) in [6, 6.07) is 0.377. The number of unbranched alkanes of at least 4 members (excludes halogenated alkanes) is 1. The van der Waals surface area contributed by atoms with E-state index in [9.17, 15) is 9.00 Å². The van der Waals surface area contributed by atoms with Crippen LogP contribution >= 0.6 is 0 Å². The summed E-state index contributed by atoms with van der Waals surface area (Å²) in [5.41, 5.74) is 0. The molecule has 0 radical (unpaired) electrons. The normalized spacial score (nSPS) is 29.2. The first-order valence-corrected chi connectivity index (χ1v) is 8.21. The second-order valence-electron chi connectivity index (χ2n) is 4.83. The van der Waals surface area contributed by atoms with Gasteiger partial charge >= 0.3 is 5.97 Å². The highest BCUT2D eigenvalue weighted by Crippen LogP contribution is 2.17. The van der Waals surface area contributed by atoms with Gasteiger partial charge in [0.15, 0.2) is 0 Å². The number of hydrogen-bond acceptors (Lipinski definition) is 4. The van der Waals surface area contributed by atoms with Crippen molar-refractivity contribution < 1.29 is 13.7 Å². The summed E-state index contributed by atoms with van der Waals surface area (Å²) < 4.78 is 16.6. The molecule has 1 heterocycles. The zero-order valence-corrected chi connectivity index (χ0v) is 12.5. The molecule has 0 saturated carbocycles. The summed E-state index contributed by atoms with van der Waals surface area (Å²) in [4.78, 5) is 13.6. The smallest absolute Gasteiger partial charge is 0.305 e. The van der Waals surface area contributed by atoms with E-state index in [0.717, 1.165) is 31.7 Å². The van der Waals surface area contributed by atoms with Gasteiger partial charge in [-0.2, -0.15) is 0 Å². The van der Waals surface area contributed by atoms with Crippen molar-refractivity contribution in [2.24, 2.45) is 0 Å². The van der Waals surface area contributed by atoms with Gasteiger partial charge in [0.05, 0.1) is 6.61 Å². The van der Waals surface area contributed by atoms with Gasteiger partial charge in [0.1, 0.15) is 0 Å². The van der Waals surface area contributed by atoms with E-state index in [1.165, 1.54) is 0 Å². The lowest BCUT2D eigenvalue weighted by Gasteiger charge is -2.37. The van der Waals surface area contributed by atoms with Gasteiger partial charge in [-0.3, -0.25) is 13.9 Å². The summed E-state index contributed by atoms with van der Waals surface area (Å²) >= 11 is 0. The number of carbonyl (C=O) groups excluding carboxylic acids is 1. The molecule has 0 aromatic carbocycles. The fourth-order valence-corrected chi connectivity index (χ4v) is 3.64. The van der Waals surface area contributed by atoms with Crippen LogP contribution < -0.4 is 0 Å². The Morgan fingerprint density at radius 1 is 1.39 bits per heavy atom. The van der Waals surface area contributed by atoms with Crippen molar-refractivity contribution in [1.29, 1.82) is 0 Å². The summed E-state index contributed by atoms with van der Waals surface area (Å²) in [7, 11) is -0.669. The quantitative estimate of drug-likeness (QED) is 0.545. The molecule has 0 N–H and O–H groups in total. The number of carbonyl (C=O) groups is 1. The molecule has 4 nitrogen and oxygen atoms in total. The van der Waals surface area contributed by atoms with Crippen molar-refractivity contribution in [3.63, 3.8) is 0 Å². The van der Waals surface area contributed by atoms with Crippen molar-refractivity contribution in [3.8, 4) is 0 Å². The molecule has 1 fully saturated rings. The Labute approximate surface area is 113 Å². The zero-order valence-electron chi connectivity index (χ0n) is 11.7. The van der Waals surface area contributed by atoms with Gasteiger partial charge < -0.3 is 4.74 Å². The number of hydrogen-bond donors (Lipinski definition) is 0. The Hall–Kier alpha value is -0.420. The minimum atomic E-state index is -0.669. The molecule has 1 aliphatic rings. The molecule has 0 bridgehead atoms. The van der Waals surface area contributed by atoms with Crippen LogP contribution in [0.15, 0.2) is 0 Å². The van der Waals surface area contributed by atoms with E-state index in [-0.39, 0.29) is 11.2 Å². The summed E-state index contributed by atoms with van der Waals surface area (Å²) in [6.45, 7) is 8.40. The topological polar surface area (TPSA) is 46.6 Å². The summed E-state index contributed by atoms with van der Waals surface area (Å²) in [5, 5.41) is 0.254. The lowest BCUT2D eigenvalue weighted by Crippen LogP contribution is -2.49. The lowest BCUT2D eigenvalue weighted by atomic mass is 10.1. The molecular weight excluding hydrogens is 250 g/mol. The minimum Gasteiger partial charge on any atom is -0.466 e. The fourth-order valence-electron chi connectivity index (χ4n) is 2.25. The molecule has 0 aromatic heterocycles. The van der Waals surface area contributed by atoms with E-state index in [4.69, 9.17) is 4.74 Å². The first kappa shape index (κ1) is 15.6. The van der Waals surface area contributed by atoms with Crippen molar-refractivity contribution in [3.05, 3.63) is 0 Å². The second-order valence-corrected chi connectivity index (χ2v) is 6.74. The Kier molecular flexibility index (Phi) is 6.86. The maximum Gasteiger partial charge on any atom is 0.305 e. The van der Waals surface area contributed by atoms with Crippen LogP contribution in [0, 0.1) is 0 Å². The Balaban J connectivity index is 2.19. The molecule has 1 rings (SSSR count). The van der Waals surface area contributed by atoms with E-state index >= 15 is 0 Å². The van der Waals surface area contributed by atoms with Crippen LogP contribution in [0.5, 0.6) is 0 Å². The molecule has 0 unspecified atom stereocenters. The molecule has 5 heteroatoms. The molecule has 0 spiro atoms. The Morgan fingerprint density at radius 3 is 2.78 bits per heavy atom. The third-order valence-electron chi connectivity index (χ3n) is 3.63. The number of nitrogens with zero attached hydrogens (tertiary/aromatic N) is 1. The van der Waals surface area contributed by atoms with E-state index in [1.807, 2.05) is 6.92 Å². The van der Waals surface area contributed by atoms with Crippen LogP contribution in [-0.2, 0) is 20.3 Å². The molecule has 0 amide bonds. The molecule has 0 aromatic rings. The summed E-state index contributed by atoms with van der Waals surface area (Å²) in [5.74, 6) is 0.683. The van der Waals surface area contributed by atoms with Crippen LogP contribution in [-0.4, -0.2) is 51.8 Å². The van der Waals surface area contributed by atoms with Gasteiger partial charge in [-0.1, -0.05) is 0 Å². The van der Waals surface area contributed by atoms with Crippen LogP contribution in [0.4, 0.5) is 0 Å². The second kappa shape index (κ2) is 7.89. The summed E-state index contributed by atoms with van der Waals surface area (Å²) in [6.07, 6.45) is 2.39. The maximum atomic E-state index is 11.7. The van der Waals surface area contributed by atoms with Crippen LogP contribution in [0.2, 0.25) is 0 Å². The Bertz CT molecular complexity index is 296. The molecular formula is C13H25NO3S. The molecule has 3 atom stereocenters. The van der Waals surface area contributed by atoms with E-state index in [2.05, 4.69) is 18.7 Å². The highest BCUT2D eigenvalue weighted by Gasteiger charge is 2.29. The first-order valence-electron chi connectivity index (χ1n) is 6.83. The highest BCUT2D eigenvalue weighted by molar-refractivity contribution is 7.85. The fraction of sp³-hybridized carbons (Fsp3) is 0.923. The zero-order chi connectivity index (χ0) is 13.5. The average molecular weight is 275 g/mol. The van der Waals surface area contributed by atoms with Crippen molar-refractivity contribution in [2.75, 3.05) is 25.4 Å². The number of esters is 1.